The Hall–Kier alpha value is -3.50. The SMILES string of the molecule is C[N+](C)(CCn1cnc(-c2cc(C(=O)NC#N)ccn2)c1)c1ccc(C2CC2)cc1. The second-order valence-electron chi connectivity index (χ2n) is 8.27. The van der Waals surface area contributed by atoms with Gasteiger partial charge in [-0.15, -0.1) is 0 Å². The Morgan fingerprint density at radius 3 is 2.67 bits per heavy atom. The molecule has 1 fully saturated rings. The number of carbonyl (C=O) groups is 1. The van der Waals surface area contributed by atoms with Crippen molar-refractivity contribution in [2.75, 3.05) is 20.6 Å². The Bertz CT molecular complexity index is 1090. The van der Waals surface area contributed by atoms with E-state index in [9.17, 15) is 4.79 Å². The van der Waals surface area contributed by atoms with Crippen LogP contribution < -0.4 is 9.80 Å². The van der Waals surface area contributed by atoms with Crippen molar-refractivity contribution in [3.8, 4) is 17.6 Å². The summed E-state index contributed by atoms with van der Waals surface area (Å²) in [4.78, 5) is 20.6. The highest BCUT2D eigenvalue weighted by molar-refractivity contribution is 5.95. The van der Waals surface area contributed by atoms with E-state index >= 15 is 0 Å². The number of benzene rings is 1. The van der Waals surface area contributed by atoms with E-state index in [2.05, 4.69) is 53.6 Å². The molecule has 1 amide bonds. The summed E-state index contributed by atoms with van der Waals surface area (Å²) < 4.78 is 2.82. The zero-order chi connectivity index (χ0) is 21.1. The van der Waals surface area contributed by atoms with E-state index in [0.717, 1.165) is 23.5 Å². The normalized spacial score (nSPS) is 13.6. The number of imidazole rings is 1. The van der Waals surface area contributed by atoms with Crippen molar-refractivity contribution in [1.29, 1.82) is 5.26 Å². The van der Waals surface area contributed by atoms with Crippen molar-refractivity contribution < 1.29 is 4.79 Å². The van der Waals surface area contributed by atoms with Crippen LogP contribution in [0.15, 0.2) is 55.1 Å². The van der Waals surface area contributed by atoms with E-state index in [1.165, 1.54) is 24.1 Å². The van der Waals surface area contributed by atoms with Crippen LogP contribution >= 0.6 is 0 Å². The smallest absolute Gasteiger partial charge is 0.264 e. The van der Waals surface area contributed by atoms with Gasteiger partial charge >= 0.3 is 0 Å². The number of hydrogen-bond donors (Lipinski definition) is 1. The Labute approximate surface area is 176 Å². The standard InChI is InChI=1S/C23H24N6O/c1-29(2,20-7-5-18(6-8-20)17-3-4-17)12-11-28-14-22(27-16-28)21-13-19(9-10-25-21)23(30)26-15-24/h5-10,13-14,16-17H,3-4,11-12H2,1-2H3/p+1. The molecule has 1 aliphatic rings. The maximum Gasteiger partial charge on any atom is 0.264 e. The van der Waals surface area contributed by atoms with Crippen molar-refractivity contribution in [2.45, 2.75) is 25.3 Å². The summed E-state index contributed by atoms with van der Waals surface area (Å²) in [6.07, 6.45) is 9.55. The van der Waals surface area contributed by atoms with Gasteiger partial charge in [0, 0.05) is 18.0 Å². The van der Waals surface area contributed by atoms with Crippen LogP contribution in [0.2, 0.25) is 0 Å². The van der Waals surface area contributed by atoms with E-state index in [-0.39, 0.29) is 0 Å². The van der Waals surface area contributed by atoms with Gasteiger partial charge in [0.15, 0.2) is 6.19 Å². The molecule has 1 N–H and O–H groups in total. The molecule has 3 aromatic rings. The van der Waals surface area contributed by atoms with E-state index in [4.69, 9.17) is 5.26 Å². The molecule has 0 radical (unpaired) electrons. The molecule has 2 heterocycles. The topological polar surface area (TPSA) is 83.6 Å². The fourth-order valence-corrected chi connectivity index (χ4v) is 3.51. The average molecular weight is 401 g/mol. The minimum absolute atomic E-state index is 0.378. The first kappa shape index (κ1) is 19.8. The van der Waals surface area contributed by atoms with Crippen LogP contribution in [0.3, 0.4) is 0 Å². The third-order valence-electron chi connectivity index (χ3n) is 5.65. The molecular formula is C23H25N6O+. The lowest BCUT2D eigenvalue weighted by Crippen LogP contribution is -2.42. The summed E-state index contributed by atoms with van der Waals surface area (Å²) in [7, 11) is 4.42. The Balaban J connectivity index is 1.42. The van der Waals surface area contributed by atoms with Crippen molar-refractivity contribution >= 4 is 11.6 Å². The highest BCUT2D eigenvalue weighted by Crippen LogP contribution is 2.40. The summed E-state index contributed by atoms with van der Waals surface area (Å²) in [5.41, 5.74) is 4.42. The van der Waals surface area contributed by atoms with Gasteiger partial charge in [0.05, 0.1) is 32.7 Å². The lowest BCUT2D eigenvalue weighted by molar-refractivity contribution is 0.0973. The third-order valence-corrected chi connectivity index (χ3v) is 5.65. The van der Waals surface area contributed by atoms with Gasteiger partial charge in [-0.25, -0.2) is 4.98 Å². The molecule has 152 valence electrons. The summed E-state index contributed by atoms with van der Waals surface area (Å²) in [6.45, 7) is 1.72. The highest BCUT2D eigenvalue weighted by Gasteiger charge is 2.25. The zero-order valence-electron chi connectivity index (χ0n) is 17.2. The molecule has 0 bridgehead atoms. The van der Waals surface area contributed by atoms with Crippen LogP contribution in [-0.4, -0.2) is 41.1 Å². The predicted octanol–water partition coefficient (Wildman–Crippen LogP) is 3.30. The number of nitrogens with one attached hydrogen (secondary N) is 1. The molecule has 0 unspecified atom stereocenters. The summed E-state index contributed by atoms with van der Waals surface area (Å²) in [5, 5.41) is 10.7. The van der Waals surface area contributed by atoms with Gasteiger partial charge in [0.1, 0.15) is 17.9 Å². The summed E-state index contributed by atoms with van der Waals surface area (Å²) >= 11 is 0. The van der Waals surface area contributed by atoms with Gasteiger partial charge in [-0.3, -0.25) is 19.6 Å². The Morgan fingerprint density at radius 2 is 1.97 bits per heavy atom. The first-order chi connectivity index (χ1) is 14.5. The predicted molar refractivity (Wildman–Crippen MR) is 115 cm³/mol. The fourth-order valence-electron chi connectivity index (χ4n) is 3.51. The van der Waals surface area contributed by atoms with Gasteiger partial charge in [0.2, 0.25) is 0 Å². The number of carbonyl (C=O) groups excluding carboxylic acids is 1. The lowest BCUT2D eigenvalue weighted by atomic mass is 10.1. The van der Waals surface area contributed by atoms with Crippen LogP contribution in [0, 0.1) is 11.5 Å². The van der Waals surface area contributed by atoms with E-state index in [1.807, 2.05) is 10.8 Å². The highest BCUT2D eigenvalue weighted by atomic mass is 16.1. The number of quaternary nitrogens is 1. The van der Waals surface area contributed by atoms with Gasteiger partial charge in [0.25, 0.3) is 5.91 Å². The quantitative estimate of drug-likeness (QED) is 0.374. The molecule has 7 heteroatoms. The molecule has 4 rings (SSSR count). The number of nitriles is 1. The molecule has 30 heavy (non-hydrogen) atoms. The summed E-state index contributed by atoms with van der Waals surface area (Å²) in [6, 6.07) is 12.2. The lowest BCUT2D eigenvalue weighted by Gasteiger charge is -2.29. The first-order valence-corrected chi connectivity index (χ1v) is 10.1. The maximum absolute atomic E-state index is 11.9. The molecule has 2 aromatic heterocycles. The van der Waals surface area contributed by atoms with E-state index in [1.54, 1.807) is 30.9 Å². The van der Waals surface area contributed by atoms with Crippen LogP contribution in [0.5, 0.6) is 0 Å². The summed E-state index contributed by atoms with van der Waals surface area (Å²) in [5.74, 6) is 0.324. The molecule has 1 saturated carbocycles. The van der Waals surface area contributed by atoms with E-state index < -0.39 is 5.91 Å². The molecule has 1 aromatic carbocycles. The second kappa shape index (κ2) is 8.09. The van der Waals surface area contributed by atoms with Crippen LogP contribution in [-0.2, 0) is 6.54 Å². The van der Waals surface area contributed by atoms with Crippen LogP contribution in [0.4, 0.5) is 5.69 Å². The number of pyridine rings is 1. The Kier molecular flexibility index (Phi) is 5.34. The van der Waals surface area contributed by atoms with Crippen molar-refractivity contribution in [2.24, 2.45) is 0 Å². The number of nitrogens with zero attached hydrogens (tertiary/aromatic N) is 5. The largest absolute Gasteiger partial charge is 0.331 e. The number of hydrogen-bond acceptors (Lipinski definition) is 4. The maximum atomic E-state index is 11.9. The average Bonchev–Trinajstić information content (AvgIpc) is 3.50. The molecule has 0 atom stereocenters. The minimum Gasteiger partial charge on any atom is -0.331 e. The molecule has 0 spiro atoms. The van der Waals surface area contributed by atoms with E-state index in [0.29, 0.717) is 17.0 Å². The number of likely N-dealkylation sites (N-methyl/N-ethyl adjacent to an activating group) is 1. The van der Waals surface area contributed by atoms with Gasteiger partial charge < -0.3 is 4.57 Å². The zero-order valence-corrected chi connectivity index (χ0v) is 17.2. The molecule has 0 aliphatic heterocycles. The monoisotopic (exact) mass is 401 g/mol. The minimum atomic E-state index is -0.452. The molecule has 7 nitrogen and oxygen atoms in total. The number of rotatable bonds is 7. The first-order valence-electron chi connectivity index (χ1n) is 10.1. The number of amides is 1. The van der Waals surface area contributed by atoms with Gasteiger partial charge in [-0.1, -0.05) is 12.1 Å². The molecular weight excluding hydrogens is 376 g/mol. The second-order valence-corrected chi connectivity index (χ2v) is 8.27. The fraction of sp³-hybridized carbons (Fsp3) is 0.304. The molecule has 0 saturated heterocycles. The third kappa shape index (κ3) is 4.39. The van der Waals surface area contributed by atoms with Crippen molar-refractivity contribution in [3.63, 3.8) is 0 Å². The van der Waals surface area contributed by atoms with Crippen LogP contribution in [0.1, 0.15) is 34.7 Å². The van der Waals surface area contributed by atoms with Gasteiger partial charge in [-0.05, 0) is 48.6 Å². The Morgan fingerprint density at radius 1 is 1.20 bits per heavy atom. The van der Waals surface area contributed by atoms with Crippen molar-refractivity contribution in [3.05, 3.63) is 66.2 Å². The number of aromatic nitrogens is 3. The van der Waals surface area contributed by atoms with Crippen molar-refractivity contribution in [1.82, 2.24) is 24.3 Å². The molecule has 1 aliphatic carbocycles. The van der Waals surface area contributed by atoms with Gasteiger partial charge in [-0.2, -0.15) is 5.26 Å². The van der Waals surface area contributed by atoms with Crippen LogP contribution in [0.25, 0.3) is 11.4 Å².